The molecule has 0 radical (unpaired) electrons. The fourth-order valence-corrected chi connectivity index (χ4v) is 4.97. The molecule has 152 valence electrons. The van der Waals surface area contributed by atoms with Crippen molar-refractivity contribution in [3.05, 3.63) is 35.4 Å². The highest BCUT2D eigenvalue weighted by Gasteiger charge is 2.36. The van der Waals surface area contributed by atoms with Crippen molar-refractivity contribution >= 4 is 15.7 Å². The van der Waals surface area contributed by atoms with Crippen molar-refractivity contribution in [3.63, 3.8) is 0 Å². The Bertz CT molecular complexity index is 747. The molecular formula is C18H24F3NO4S. The lowest BCUT2D eigenvalue weighted by atomic mass is 9.98. The number of methoxy groups -OCH3 is 1. The topological polar surface area (TPSA) is 63.7 Å². The molecule has 2 rings (SSSR count). The number of carbonyl (C=O) groups excluding carboxylic acids is 1. The second-order valence-electron chi connectivity index (χ2n) is 6.88. The standard InChI is InChI=1S/C18H24F3NO4S/c1-13(11-14-3-5-15(6-4-14)18(19,20)21)17(23)22(8-9-26-2)16-7-10-27(24,25)12-16/h3-6,13,16H,7-12H2,1-2H3. The Morgan fingerprint density at radius 1 is 1.30 bits per heavy atom. The number of halogens is 3. The average molecular weight is 407 g/mol. The van der Waals surface area contributed by atoms with Crippen LogP contribution in [-0.2, 0) is 32.0 Å². The zero-order chi connectivity index (χ0) is 20.2. The largest absolute Gasteiger partial charge is 0.416 e. The van der Waals surface area contributed by atoms with Gasteiger partial charge >= 0.3 is 6.18 Å². The minimum absolute atomic E-state index is 0.0573. The van der Waals surface area contributed by atoms with E-state index in [0.717, 1.165) is 12.1 Å². The molecule has 1 saturated heterocycles. The summed E-state index contributed by atoms with van der Waals surface area (Å²) in [6.07, 6.45) is -3.73. The van der Waals surface area contributed by atoms with Crippen LogP contribution in [0.3, 0.4) is 0 Å². The smallest absolute Gasteiger partial charge is 0.383 e. The highest BCUT2D eigenvalue weighted by molar-refractivity contribution is 7.91. The zero-order valence-corrected chi connectivity index (χ0v) is 16.1. The Balaban J connectivity index is 2.07. The zero-order valence-electron chi connectivity index (χ0n) is 15.3. The van der Waals surface area contributed by atoms with Gasteiger partial charge in [0.2, 0.25) is 5.91 Å². The van der Waals surface area contributed by atoms with Gasteiger partial charge in [0.1, 0.15) is 0 Å². The Morgan fingerprint density at radius 3 is 2.41 bits per heavy atom. The van der Waals surface area contributed by atoms with Gasteiger partial charge in [-0.05, 0) is 30.5 Å². The molecule has 27 heavy (non-hydrogen) atoms. The first-order chi connectivity index (χ1) is 12.5. The van der Waals surface area contributed by atoms with Crippen LogP contribution in [0.5, 0.6) is 0 Å². The molecule has 2 unspecified atom stereocenters. The Hall–Kier alpha value is -1.61. The molecule has 0 N–H and O–H groups in total. The number of alkyl halides is 3. The van der Waals surface area contributed by atoms with Crippen LogP contribution in [0.15, 0.2) is 24.3 Å². The molecule has 0 saturated carbocycles. The van der Waals surface area contributed by atoms with Gasteiger partial charge in [-0.1, -0.05) is 19.1 Å². The van der Waals surface area contributed by atoms with Gasteiger partial charge in [0.15, 0.2) is 9.84 Å². The SMILES string of the molecule is COCCN(C(=O)C(C)Cc1ccc(C(F)(F)F)cc1)C1CCS(=O)(=O)C1. The number of benzene rings is 1. The fourth-order valence-electron chi connectivity index (χ4n) is 3.24. The third-order valence-electron chi connectivity index (χ3n) is 4.71. The molecule has 1 heterocycles. The number of hydrogen-bond acceptors (Lipinski definition) is 4. The lowest BCUT2D eigenvalue weighted by Gasteiger charge is -2.30. The van der Waals surface area contributed by atoms with Gasteiger partial charge in [-0.15, -0.1) is 0 Å². The van der Waals surface area contributed by atoms with Crippen LogP contribution < -0.4 is 0 Å². The van der Waals surface area contributed by atoms with Gasteiger partial charge in [-0.2, -0.15) is 13.2 Å². The van der Waals surface area contributed by atoms with E-state index in [-0.39, 0.29) is 43.0 Å². The van der Waals surface area contributed by atoms with Crippen LogP contribution in [0.1, 0.15) is 24.5 Å². The number of carbonyl (C=O) groups is 1. The quantitative estimate of drug-likeness (QED) is 0.697. The maximum absolute atomic E-state index is 12.9. The summed E-state index contributed by atoms with van der Waals surface area (Å²) >= 11 is 0. The van der Waals surface area contributed by atoms with E-state index in [9.17, 15) is 26.4 Å². The van der Waals surface area contributed by atoms with Crippen molar-refractivity contribution in [2.24, 2.45) is 5.92 Å². The molecular weight excluding hydrogens is 383 g/mol. The van der Waals surface area contributed by atoms with E-state index >= 15 is 0 Å². The van der Waals surface area contributed by atoms with Crippen molar-refractivity contribution in [2.75, 3.05) is 31.8 Å². The van der Waals surface area contributed by atoms with Crippen LogP contribution in [0.2, 0.25) is 0 Å². The third kappa shape index (κ3) is 5.93. The minimum atomic E-state index is -4.40. The Kier molecular flexibility index (Phi) is 6.91. The predicted octanol–water partition coefficient (Wildman–Crippen LogP) is 2.55. The number of amides is 1. The summed E-state index contributed by atoms with van der Waals surface area (Å²) in [5, 5.41) is 0. The molecule has 1 aliphatic rings. The molecule has 1 aliphatic heterocycles. The van der Waals surface area contributed by atoms with Crippen LogP contribution >= 0.6 is 0 Å². The van der Waals surface area contributed by atoms with Gasteiger partial charge in [0, 0.05) is 25.6 Å². The second-order valence-corrected chi connectivity index (χ2v) is 9.11. The minimum Gasteiger partial charge on any atom is -0.383 e. The molecule has 1 aromatic rings. The number of hydrogen-bond donors (Lipinski definition) is 0. The molecule has 0 aliphatic carbocycles. The Morgan fingerprint density at radius 2 is 1.93 bits per heavy atom. The van der Waals surface area contributed by atoms with Crippen molar-refractivity contribution in [1.82, 2.24) is 4.90 Å². The molecule has 0 aromatic heterocycles. The summed E-state index contributed by atoms with van der Waals surface area (Å²) in [5.74, 6) is -0.701. The van der Waals surface area contributed by atoms with E-state index in [1.54, 1.807) is 11.8 Å². The molecule has 0 bridgehead atoms. The highest BCUT2D eigenvalue weighted by Crippen LogP contribution is 2.29. The lowest BCUT2D eigenvalue weighted by molar-refractivity contribution is -0.138. The summed E-state index contributed by atoms with van der Waals surface area (Å²) < 4.78 is 66.5. The van der Waals surface area contributed by atoms with E-state index in [2.05, 4.69) is 0 Å². The number of ether oxygens (including phenoxy) is 1. The van der Waals surface area contributed by atoms with Crippen LogP contribution in [-0.4, -0.2) is 57.0 Å². The highest BCUT2D eigenvalue weighted by atomic mass is 32.2. The van der Waals surface area contributed by atoms with Crippen molar-refractivity contribution in [3.8, 4) is 0 Å². The van der Waals surface area contributed by atoms with Gasteiger partial charge in [0.05, 0.1) is 23.7 Å². The lowest BCUT2D eigenvalue weighted by Crippen LogP contribution is -2.45. The third-order valence-corrected chi connectivity index (χ3v) is 6.46. The maximum Gasteiger partial charge on any atom is 0.416 e. The van der Waals surface area contributed by atoms with Crippen LogP contribution in [0.25, 0.3) is 0 Å². The van der Waals surface area contributed by atoms with E-state index in [0.29, 0.717) is 12.0 Å². The molecule has 5 nitrogen and oxygen atoms in total. The van der Waals surface area contributed by atoms with Gasteiger partial charge in [0.25, 0.3) is 0 Å². The predicted molar refractivity (Wildman–Crippen MR) is 95.0 cm³/mol. The van der Waals surface area contributed by atoms with Crippen LogP contribution in [0, 0.1) is 5.92 Å². The van der Waals surface area contributed by atoms with Crippen molar-refractivity contribution < 1.29 is 31.1 Å². The maximum atomic E-state index is 12.9. The summed E-state index contributed by atoms with van der Waals surface area (Å²) in [7, 11) is -1.64. The van der Waals surface area contributed by atoms with Crippen molar-refractivity contribution in [2.45, 2.75) is 32.0 Å². The van der Waals surface area contributed by atoms with E-state index < -0.39 is 27.5 Å². The summed E-state index contributed by atoms with van der Waals surface area (Å²) in [4.78, 5) is 14.4. The molecule has 1 aromatic carbocycles. The van der Waals surface area contributed by atoms with E-state index in [1.807, 2.05) is 0 Å². The summed E-state index contributed by atoms with van der Waals surface area (Å²) in [6, 6.07) is 4.35. The molecule has 0 spiro atoms. The molecule has 1 amide bonds. The average Bonchev–Trinajstić information content (AvgIpc) is 2.94. The second kappa shape index (κ2) is 8.60. The van der Waals surface area contributed by atoms with Crippen LogP contribution in [0.4, 0.5) is 13.2 Å². The first-order valence-corrected chi connectivity index (χ1v) is 10.5. The number of nitrogens with zero attached hydrogens (tertiary/aromatic N) is 1. The van der Waals surface area contributed by atoms with E-state index in [4.69, 9.17) is 4.74 Å². The first kappa shape index (κ1) is 21.7. The first-order valence-electron chi connectivity index (χ1n) is 8.69. The summed E-state index contributed by atoms with van der Waals surface area (Å²) in [6.45, 7) is 2.27. The van der Waals surface area contributed by atoms with E-state index in [1.165, 1.54) is 19.2 Å². The van der Waals surface area contributed by atoms with Crippen molar-refractivity contribution in [1.29, 1.82) is 0 Å². The molecule has 2 atom stereocenters. The molecule has 1 fully saturated rings. The fraction of sp³-hybridized carbons (Fsp3) is 0.611. The number of rotatable bonds is 7. The Labute approximate surface area is 157 Å². The summed E-state index contributed by atoms with van der Waals surface area (Å²) in [5.41, 5.74) is -0.113. The van der Waals surface area contributed by atoms with Gasteiger partial charge in [-0.25, -0.2) is 8.42 Å². The monoisotopic (exact) mass is 407 g/mol. The normalized spacial score (nSPS) is 20.4. The van der Waals surface area contributed by atoms with Gasteiger partial charge < -0.3 is 9.64 Å². The van der Waals surface area contributed by atoms with Gasteiger partial charge in [-0.3, -0.25) is 4.79 Å². The molecule has 9 heteroatoms. The number of sulfone groups is 1.